The highest BCUT2D eigenvalue weighted by atomic mass is 19.4. The summed E-state index contributed by atoms with van der Waals surface area (Å²) in [6.45, 7) is 7.24. The van der Waals surface area contributed by atoms with Gasteiger partial charge in [-0.15, -0.1) is 0 Å². The first-order valence-corrected chi connectivity index (χ1v) is 5.55. The minimum absolute atomic E-state index is 0.316. The van der Waals surface area contributed by atoms with Crippen LogP contribution in [0.15, 0.2) is 42.5 Å². The van der Waals surface area contributed by atoms with Crippen LogP contribution in [0.1, 0.15) is 26.3 Å². The van der Waals surface area contributed by atoms with Gasteiger partial charge < -0.3 is 5.11 Å². The van der Waals surface area contributed by atoms with Gasteiger partial charge >= 0.3 is 6.18 Å². The Labute approximate surface area is 105 Å². The maximum atomic E-state index is 13.2. The molecule has 100 valence electrons. The number of aliphatic hydroxyl groups is 1. The number of halogens is 3. The molecule has 18 heavy (non-hydrogen) atoms. The minimum atomic E-state index is -4.78. The van der Waals surface area contributed by atoms with Crippen LogP contribution < -0.4 is 0 Å². The average Bonchev–Trinajstić information content (AvgIpc) is 2.27. The van der Waals surface area contributed by atoms with Gasteiger partial charge in [-0.2, -0.15) is 13.2 Å². The molecule has 0 spiro atoms. The SMILES string of the molecule is C=C(C)C(O)(C(F)(F)F)C(C)(C)c1ccccc1. The third-order valence-electron chi connectivity index (χ3n) is 3.43. The molecule has 0 radical (unpaired) electrons. The van der Waals surface area contributed by atoms with Gasteiger partial charge in [-0.3, -0.25) is 0 Å². The Morgan fingerprint density at radius 1 is 1.11 bits per heavy atom. The molecule has 0 aliphatic carbocycles. The summed E-state index contributed by atoms with van der Waals surface area (Å²) in [5, 5.41) is 10.2. The molecule has 1 aromatic rings. The van der Waals surface area contributed by atoms with Crippen LogP contribution in [0.4, 0.5) is 13.2 Å². The highest BCUT2D eigenvalue weighted by Gasteiger charge is 2.63. The number of benzene rings is 1. The second-order valence-corrected chi connectivity index (χ2v) is 4.98. The lowest BCUT2D eigenvalue weighted by Crippen LogP contribution is -2.59. The second kappa shape index (κ2) is 4.43. The highest BCUT2D eigenvalue weighted by Crippen LogP contribution is 2.48. The lowest BCUT2D eigenvalue weighted by molar-refractivity contribution is -0.265. The van der Waals surface area contributed by atoms with Gasteiger partial charge in [-0.05, 0) is 18.1 Å². The van der Waals surface area contributed by atoms with Crippen LogP contribution >= 0.6 is 0 Å². The molecular formula is C14H17F3O. The smallest absolute Gasteiger partial charge is 0.376 e. The lowest BCUT2D eigenvalue weighted by atomic mass is 9.66. The van der Waals surface area contributed by atoms with Crippen molar-refractivity contribution >= 4 is 0 Å². The molecule has 0 amide bonds. The molecule has 1 nitrogen and oxygen atoms in total. The van der Waals surface area contributed by atoms with E-state index in [1.165, 1.54) is 20.8 Å². The zero-order valence-electron chi connectivity index (χ0n) is 10.7. The van der Waals surface area contributed by atoms with E-state index < -0.39 is 17.2 Å². The van der Waals surface area contributed by atoms with Crippen LogP contribution in [0.5, 0.6) is 0 Å². The quantitative estimate of drug-likeness (QED) is 0.817. The van der Waals surface area contributed by atoms with E-state index in [1.807, 2.05) is 0 Å². The average molecular weight is 258 g/mol. The molecule has 1 atom stereocenters. The molecule has 1 unspecified atom stereocenters. The molecule has 1 rings (SSSR count). The lowest BCUT2D eigenvalue weighted by Gasteiger charge is -2.44. The van der Waals surface area contributed by atoms with E-state index in [-0.39, 0.29) is 5.57 Å². The van der Waals surface area contributed by atoms with E-state index in [9.17, 15) is 18.3 Å². The van der Waals surface area contributed by atoms with E-state index in [1.54, 1.807) is 30.3 Å². The molecule has 0 saturated carbocycles. The standard InChI is InChI=1S/C14H17F3O/c1-10(2)13(18,14(15,16)17)12(3,4)11-8-6-5-7-9-11/h5-9,18H,1H2,2-4H3. The van der Waals surface area contributed by atoms with E-state index in [2.05, 4.69) is 6.58 Å². The molecule has 0 fully saturated rings. The zero-order valence-corrected chi connectivity index (χ0v) is 10.7. The van der Waals surface area contributed by atoms with E-state index in [0.717, 1.165) is 0 Å². The summed E-state index contributed by atoms with van der Waals surface area (Å²) in [5.41, 5.74) is -4.38. The number of rotatable bonds is 3. The van der Waals surface area contributed by atoms with Crippen molar-refractivity contribution in [2.45, 2.75) is 38.0 Å². The van der Waals surface area contributed by atoms with Crippen molar-refractivity contribution in [2.24, 2.45) is 0 Å². The highest BCUT2D eigenvalue weighted by molar-refractivity contribution is 5.35. The first kappa shape index (κ1) is 14.8. The van der Waals surface area contributed by atoms with Crippen molar-refractivity contribution in [1.82, 2.24) is 0 Å². The molecule has 0 bridgehead atoms. The first-order valence-electron chi connectivity index (χ1n) is 5.55. The molecule has 0 heterocycles. The van der Waals surface area contributed by atoms with Crippen LogP contribution in [0.25, 0.3) is 0 Å². The Bertz CT molecular complexity index is 434. The fourth-order valence-corrected chi connectivity index (χ4v) is 2.19. The first-order chi connectivity index (χ1) is 8.05. The fraction of sp³-hybridized carbons (Fsp3) is 0.429. The summed E-state index contributed by atoms with van der Waals surface area (Å²) < 4.78 is 39.7. The Kier molecular flexibility index (Phi) is 3.63. The molecule has 0 aliphatic rings. The van der Waals surface area contributed by atoms with Gasteiger partial charge in [0.1, 0.15) is 0 Å². The molecule has 0 aliphatic heterocycles. The maximum absolute atomic E-state index is 13.2. The summed E-state index contributed by atoms with van der Waals surface area (Å²) in [7, 11) is 0. The van der Waals surface area contributed by atoms with Crippen molar-refractivity contribution in [1.29, 1.82) is 0 Å². The summed E-state index contributed by atoms with van der Waals surface area (Å²) in [6.07, 6.45) is -4.78. The van der Waals surface area contributed by atoms with Crippen molar-refractivity contribution < 1.29 is 18.3 Å². The molecule has 1 aromatic carbocycles. The van der Waals surface area contributed by atoms with E-state index >= 15 is 0 Å². The van der Waals surface area contributed by atoms with Crippen LogP contribution in [-0.4, -0.2) is 16.9 Å². The van der Waals surface area contributed by atoms with Crippen LogP contribution in [-0.2, 0) is 5.41 Å². The predicted molar refractivity (Wildman–Crippen MR) is 65.3 cm³/mol. The van der Waals surface area contributed by atoms with Crippen molar-refractivity contribution in [2.75, 3.05) is 0 Å². The molecule has 4 heteroatoms. The van der Waals surface area contributed by atoms with Gasteiger partial charge in [0.15, 0.2) is 5.60 Å². The van der Waals surface area contributed by atoms with Gasteiger partial charge in [-0.25, -0.2) is 0 Å². The Morgan fingerprint density at radius 2 is 1.56 bits per heavy atom. The molecule has 0 saturated heterocycles. The Morgan fingerprint density at radius 3 is 1.89 bits per heavy atom. The Balaban J connectivity index is 3.44. The fourth-order valence-electron chi connectivity index (χ4n) is 2.19. The van der Waals surface area contributed by atoms with Gasteiger partial charge in [-0.1, -0.05) is 50.8 Å². The van der Waals surface area contributed by atoms with E-state index in [0.29, 0.717) is 5.56 Å². The number of alkyl halides is 3. The molecule has 0 aromatic heterocycles. The number of hydrogen-bond donors (Lipinski definition) is 1. The van der Waals surface area contributed by atoms with Gasteiger partial charge in [0.05, 0.1) is 0 Å². The van der Waals surface area contributed by atoms with Crippen molar-refractivity contribution in [3.8, 4) is 0 Å². The minimum Gasteiger partial charge on any atom is -0.376 e. The van der Waals surface area contributed by atoms with Crippen LogP contribution in [0, 0.1) is 0 Å². The van der Waals surface area contributed by atoms with Crippen molar-refractivity contribution in [3.63, 3.8) is 0 Å². The summed E-state index contributed by atoms with van der Waals surface area (Å²) in [6, 6.07) is 8.14. The second-order valence-electron chi connectivity index (χ2n) is 4.98. The number of hydrogen-bond acceptors (Lipinski definition) is 1. The summed E-state index contributed by atoms with van der Waals surface area (Å²) in [5.74, 6) is 0. The van der Waals surface area contributed by atoms with Gasteiger partial charge in [0.2, 0.25) is 0 Å². The predicted octanol–water partition coefficient (Wildman–Crippen LogP) is 3.83. The summed E-state index contributed by atoms with van der Waals surface area (Å²) in [4.78, 5) is 0. The third kappa shape index (κ3) is 2.05. The van der Waals surface area contributed by atoms with Crippen LogP contribution in [0.3, 0.4) is 0 Å². The van der Waals surface area contributed by atoms with Gasteiger partial charge in [0, 0.05) is 5.41 Å². The van der Waals surface area contributed by atoms with E-state index in [4.69, 9.17) is 0 Å². The molecule has 1 N–H and O–H groups in total. The zero-order chi connectivity index (χ0) is 14.2. The topological polar surface area (TPSA) is 20.2 Å². The largest absolute Gasteiger partial charge is 0.421 e. The third-order valence-corrected chi connectivity index (χ3v) is 3.43. The maximum Gasteiger partial charge on any atom is 0.421 e. The van der Waals surface area contributed by atoms with Gasteiger partial charge in [0.25, 0.3) is 0 Å². The molecular weight excluding hydrogens is 241 g/mol. The van der Waals surface area contributed by atoms with Crippen LogP contribution in [0.2, 0.25) is 0 Å². The Hall–Kier alpha value is -1.29. The normalized spacial score (nSPS) is 16.2. The monoisotopic (exact) mass is 258 g/mol. The summed E-state index contributed by atoms with van der Waals surface area (Å²) >= 11 is 0. The van der Waals surface area contributed by atoms with Crippen molar-refractivity contribution in [3.05, 3.63) is 48.0 Å².